The van der Waals surface area contributed by atoms with Crippen molar-refractivity contribution < 1.29 is 8.42 Å². The van der Waals surface area contributed by atoms with E-state index in [0.29, 0.717) is 23.3 Å². The molecule has 2 aliphatic heterocycles. The van der Waals surface area contributed by atoms with Gasteiger partial charge in [-0.1, -0.05) is 15.9 Å². The van der Waals surface area contributed by atoms with Crippen molar-refractivity contribution in [3.63, 3.8) is 0 Å². The lowest BCUT2D eigenvalue weighted by atomic mass is 9.95. The van der Waals surface area contributed by atoms with Gasteiger partial charge in [-0.25, -0.2) is 8.42 Å². The summed E-state index contributed by atoms with van der Waals surface area (Å²) < 4.78 is 27.9. The van der Waals surface area contributed by atoms with Gasteiger partial charge in [-0.15, -0.1) is 0 Å². The van der Waals surface area contributed by atoms with Crippen molar-refractivity contribution >= 4 is 26.0 Å². The third kappa shape index (κ3) is 2.24. The van der Waals surface area contributed by atoms with Gasteiger partial charge in [0.2, 0.25) is 10.0 Å². The molecule has 3 rings (SSSR count). The van der Waals surface area contributed by atoms with Crippen LogP contribution in [0.5, 0.6) is 0 Å². The minimum absolute atomic E-state index is 0.0775. The minimum Gasteiger partial charge on any atom is -0.316 e. The topological polar surface area (TPSA) is 49.4 Å². The molecule has 0 bridgehead atoms. The lowest BCUT2D eigenvalue weighted by molar-refractivity contribution is 0.360. The van der Waals surface area contributed by atoms with Crippen molar-refractivity contribution in [1.82, 2.24) is 9.62 Å². The summed E-state index contributed by atoms with van der Waals surface area (Å²) in [6, 6.07) is 6.96. The zero-order valence-corrected chi connectivity index (χ0v) is 13.1. The van der Waals surface area contributed by atoms with Crippen LogP contribution in [0.2, 0.25) is 0 Å². The molecule has 2 aliphatic rings. The number of sulfonamides is 1. The molecule has 0 amide bonds. The number of hydrogen-bond donors (Lipinski definition) is 1. The minimum atomic E-state index is -3.36. The SMILES string of the molecule is CC1C2CNCC2CN1S(=O)(=O)c1ccc(Br)cc1. The first-order valence-electron chi connectivity index (χ1n) is 6.48. The molecule has 1 N–H and O–H groups in total. The van der Waals surface area contributed by atoms with Crippen LogP contribution in [0.1, 0.15) is 6.92 Å². The smallest absolute Gasteiger partial charge is 0.243 e. The first-order chi connectivity index (χ1) is 9.00. The largest absolute Gasteiger partial charge is 0.316 e. The van der Waals surface area contributed by atoms with E-state index < -0.39 is 10.0 Å². The molecule has 0 aliphatic carbocycles. The molecule has 2 fully saturated rings. The van der Waals surface area contributed by atoms with Crippen molar-refractivity contribution in [1.29, 1.82) is 0 Å². The van der Waals surface area contributed by atoms with E-state index in [1.807, 2.05) is 6.92 Å². The first-order valence-corrected chi connectivity index (χ1v) is 8.71. The number of rotatable bonds is 2. The molecule has 0 aromatic heterocycles. The number of benzene rings is 1. The van der Waals surface area contributed by atoms with Crippen molar-refractivity contribution in [2.75, 3.05) is 19.6 Å². The summed E-state index contributed by atoms with van der Waals surface area (Å²) in [6.07, 6.45) is 0. The lowest BCUT2D eigenvalue weighted by Gasteiger charge is -2.23. The highest BCUT2D eigenvalue weighted by Gasteiger charge is 2.46. The molecule has 0 saturated carbocycles. The third-order valence-electron chi connectivity index (χ3n) is 4.30. The summed E-state index contributed by atoms with van der Waals surface area (Å²) in [6.45, 7) is 4.52. The molecular formula is C13H17BrN2O2S. The van der Waals surface area contributed by atoms with Crippen LogP contribution in [0, 0.1) is 11.8 Å². The summed E-state index contributed by atoms with van der Waals surface area (Å²) in [4.78, 5) is 0.385. The molecule has 1 aromatic carbocycles. The van der Waals surface area contributed by atoms with E-state index in [4.69, 9.17) is 0 Å². The number of hydrogen-bond acceptors (Lipinski definition) is 3. The highest BCUT2D eigenvalue weighted by atomic mass is 79.9. The molecule has 0 radical (unpaired) electrons. The fourth-order valence-corrected chi connectivity index (χ4v) is 5.18. The van der Waals surface area contributed by atoms with Crippen LogP contribution in [0.4, 0.5) is 0 Å². The Morgan fingerprint density at radius 3 is 2.58 bits per heavy atom. The Morgan fingerprint density at radius 1 is 1.26 bits per heavy atom. The summed E-state index contributed by atoms with van der Waals surface area (Å²) >= 11 is 3.33. The Hall–Kier alpha value is -0.430. The highest BCUT2D eigenvalue weighted by molar-refractivity contribution is 9.10. The maximum atomic E-state index is 12.7. The van der Waals surface area contributed by atoms with Crippen LogP contribution in [-0.4, -0.2) is 38.4 Å². The molecule has 2 heterocycles. The zero-order chi connectivity index (χ0) is 13.6. The van der Waals surface area contributed by atoms with Crippen LogP contribution in [0.3, 0.4) is 0 Å². The monoisotopic (exact) mass is 344 g/mol. The third-order valence-corrected chi connectivity index (χ3v) is 6.80. The van der Waals surface area contributed by atoms with Gasteiger partial charge in [0.15, 0.2) is 0 Å². The van der Waals surface area contributed by atoms with Crippen LogP contribution < -0.4 is 5.32 Å². The fourth-order valence-electron chi connectivity index (χ4n) is 3.19. The van der Waals surface area contributed by atoms with Gasteiger partial charge in [0.05, 0.1) is 4.90 Å². The van der Waals surface area contributed by atoms with Gasteiger partial charge < -0.3 is 5.32 Å². The molecule has 1 aromatic rings. The van der Waals surface area contributed by atoms with Gasteiger partial charge in [0, 0.05) is 17.1 Å². The van der Waals surface area contributed by atoms with E-state index in [2.05, 4.69) is 21.2 Å². The maximum absolute atomic E-state index is 12.7. The van der Waals surface area contributed by atoms with E-state index >= 15 is 0 Å². The summed E-state index contributed by atoms with van der Waals surface area (Å²) in [5.74, 6) is 0.908. The summed E-state index contributed by atoms with van der Waals surface area (Å²) in [5.41, 5.74) is 0. The van der Waals surface area contributed by atoms with Crippen LogP contribution in [-0.2, 0) is 10.0 Å². The number of nitrogens with zero attached hydrogens (tertiary/aromatic N) is 1. The quantitative estimate of drug-likeness (QED) is 0.887. The number of nitrogens with one attached hydrogen (secondary N) is 1. The van der Waals surface area contributed by atoms with E-state index in [1.165, 1.54) is 0 Å². The second-order valence-corrected chi connectivity index (χ2v) is 8.16. The average molecular weight is 345 g/mol. The van der Waals surface area contributed by atoms with Crippen molar-refractivity contribution in [3.05, 3.63) is 28.7 Å². The molecule has 104 valence electrons. The summed E-state index contributed by atoms with van der Waals surface area (Å²) in [5, 5.41) is 3.35. The molecule has 4 nitrogen and oxygen atoms in total. The Balaban J connectivity index is 1.91. The van der Waals surface area contributed by atoms with Gasteiger partial charge in [-0.05, 0) is 56.1 Å². The Morgan fingerprint density at radius 2 is 1.95 bits per heavy atom. The van der Waals surface area contributed by atoms with E-state index in [-0.39, 0.29) is 6.04 Å². The fraction of sp³-hybridized carbons (Fsp3) is 0.538. The molecule has 19 heavy (non-hydrogen) atoms. The molecule has 3 atom stereocenters. The molecule has 6 heteroatoms. The van der Waals surface area contributed by atoms with Crippen LogP contribution in [0.25, 0.3) is 0 Å². The van der Waals surface area contributed by atoms with E-state index in [1.54, 1.807) is 28.6 Å². The second kappa shape index (κ2) is 4.84. The Labute approximate surface area is 122 Å². The van der Waals surface area contributed by atoms with Gasteiger partial charge in [0.1, 0.15) is 0 Å². The van der Waals surface area contributed by atoms with Crippen LogP contribution >= 0.6 is 15.9 Å². The van der Waals surface area contributed by atoms with Gasteiger partial charge in [-0.2, -0.15) is 4.31 Å². The molecule has 3 unspecified atom stereocenters. The van der Waals surface area contributed by atoms with Crippen molar-refractivity contribution in [3.8, 4) is 0 Å². The van der Waals surface area contributed by atoms with Crippen molar-refractivity contribution in [2.24, 2.45) is 11.8 Å². The predicted molar refractivity (Wildman–Crippen MR) is 77.3 cm³/mol. The van der Waals surface area contributed by atoms with Gasteiger partial charge in [0.25, 0.3) is 0 Å². The highest BCUT2D eigenvalue weighted by Crippen LogP contribution is 2.36. The standard InChI is InChI=1S/C13H17BrN2O2S/c1-9-13-7-15-6-10(13)8-16(9)19(17,18)12-4-2-11(14)3-5-12/h2-5,9-10,13,15H,6-8H2,1H3. The van der Waals surface area contributed by atoms with Gasteiger partial charge in [-0.3, -0.25) is 0 Å². The normalized spacial score (nSPS) is 31.6. The molecule has 2 saturated heterocycles. The second-order valence-electron chi connectivity index (χ2n) is 5.35. The number of fused-ring (bicyclic) bond motifs is 1. The van der Waals surface area contributed by atoms with Gasteiger partial charge >= 0.3 is 0 Å². The van der Waals surface area contributed by atoms with E-state index in [9.17, 15) is 8.42 Å². The Bertz CT molecular complexity index is 573. The summed E-state index contributed by atoms with van der Waals surface area (Å²) in [7, 11) is -3.36. The average Bonchev–Trinajstić information content (AvgIpc) is 2.93. The lowest BCUT2D eigenvalue weighted by Crippen LogP contribution is -2.38. The number of halogens is 1. The first kappa shape index (κ1) is 13.5. The predicted octanol–water partition coefficient (Wildman–Crippen LogP) is 1.68. The van der Waals surface area contributed by atoms with Crippen molar-refractivity contribution in [2.45, 2.75) is 17.9 Å². The molecule has 0 spiro atoms. The maximum Gasteiger partial charge on any atom is 0.243 e. The van der Waals surface area contributed by atoms with Crippen LogP contribution in [0.15, 0.2) is 33.6 Å². The van der Waals surface area contributed by atoms with E-state index in [0.717, 1.165) is 17.6 Å². The zero-order valence-electron chi connectivity index (χ0n) is 10.7. The molecular weight excluding hydrogens is 328 g/mol. The Kier molecular flexibility index (Phi) is 3.45.